The van der Waals surface area contributed by atoms with Crippen LogP contribution in [0.15, 0.2) is 83.7 Å². The maximum Gasteiger partial charge on any atom is 0.336 e. The van der Waals surface area contributed by atoms with E-state index in [1.807, 2.05) is 74.5 Å². The fourth-order valence-electron chi connectivity index (χ4n) is 4.46. The number of carboxylic acid groups (broad SMARTS) is 1. The van der Waals surface area contributed by atoms with Crippen molar-refractivity contribution in [1.29, 1.82) is 0 Å². The van der Waals surface area contributed by atoms with Gasteiger partial charge in [-0.1, -0.05) is 86.1 Å². The maximum absolute atomic E-state index is 13.4. The summed E-state index contributed by atoms with van der Waals surface area (Å²) in [6.45, 7) is 4.21. The first-order valence-electron chi connectivity index (χ1n) is 11.7. The fourth-order valence-corrected chi connectivity index (χ4v) is 4.46. The van der Waals surface area contributed by atoms with Gasteiger partial charge in [-0.25, -0.2) is 14.2 Å². The molecule has 3 aromatic carbocycles. The minimum absolute atomic E-state index is 0.162. The topological polar surface area (TPSA) is 81.3 Å². The number of imidazole rings is 1. The molecule has 4 aromatic rings. The molecule has 6 heteroatoms. The molecule has 0 aliphatic carbocycles. The van der Waals surface area contributed by atoms with Gasteiger partial charge >= 0.3 is 11.7 Å². The molecule has 0 radical (unpaired) electrons. The number of rotatable bonds is 8. The van der Waals surface area contributed by atoms with Gasteiger partial charge in [-0.05, 0) is 41.7 Å². The van der Waals surface area contributed by atoms with E-state index in [9.17, 15) is 19.5 Å². The Balaban J connectivity index is 1.65. The average Bonchev–Trinajstić information content (AvgIpc) is 3.09. The molecule has 178 valence electrons. The highest BCUT2D eigenvalue weighted by Crippen LogP contribution is 2.24. The van der Waals surface area contributed by atoms with Crippen molar-refractivity contribution in [3.63, 3.8) is 0 Å². The van der Waals surface area contributed by atoms with Crippen LogP contribution in [0.2, 0.25) is 0 Å². The molecule has 1 heterocycles. The molecule has 35 heavy (non-hydrogen) atoms. The van der Waals surface area contributed by atoms with Crippen LogP contribution >= 0.6 is 0 Å². The summed E-state index contributed by atoms with van der Waals surface area (Å²) in [6, 6.07) is 23.8. The van der Waals surface area contributed by atoms with E-state index in [4.69, 9.17) is 0 Å². The van der Waals surface area contributed by atoms with E-state index < -0.39 is 5.97 Å². The third-order valence-electron chi connectivity index (χ3n) is 6.20. The largest absolute Gasteiger partial charge is 0.478 e. The summed E-state index contributed by atoms with van der Waals surface area (Å²) in [5, 5.41) is 9.49. The lowest BCUT2D eigenvalue weighted by Gasteiger charge is -2.10. The van der Waals surface area contributed by atoms with E-state index in [1.54, 1.807) is 22.8 Å². The molecule has 0 atom stereocenters. The molecule has 0 amide bonds. The maximum atomic E-state index is 13.4. The van der Waals surface area contributed by atoms with Crippen molar-refractivity contribution in [3.05, 3.63) is 117 Å². The van der Waals surface area contributed by atoms with Gasteiger partial charge in [0.2, 0.25) is 5.91 Å². The molecular formula is C29H28N2O4. The predicted octanol–water partition coefficient (Wildman–Crippen LogP) is 5.21. The monoisotopic (exact) mass is 468 g/mol. The number of aromatic carboxylic acids is 1. The Labute approximate surface area is 204 Å². The highest BCUT2D eigenvalue weighted by molar-refractivity contribution is 5.96. The molecule has 0 bridgehead atoms. The standard InChI is InChI=1S/C29H28N2O4/c1-3-9-26-20(2)31(27(32)18-21-10-5-4-6-11-21)29(35)30(26)19-22-14-16-23(17-15-22)24-12-7-8-13-25(24)28(33)34/h4-8,10-17H,3,9,18-19H2,1-2H3,(H,33,34). The van der Waals surface area contributed by atoms with Gasteiger partial charge in [0.25, 0.3) is 0 Å². The Morgan fingerprint density at radius 1 is 0.857 bits per heavy atom. The van der Waals surface area contributed by atoms with Crippen LogP contribution in [-0.2, 0) is 19.4 Å². The van der Waals surface area contributed by atoms with Gasteiger partial charge in [0, 0.05) is 11.4 Å². The number of benzene rings is 3. The summed E-state index contributed by atoms with van der Waals surface area (Å²) in [4.78, 5) is 38.0. The zero-order chi connectivity index (χ0) is 24.9. The van der Waals surface area contributed by atoms with E-state index >= 15 is 0 Å². The fraction of sp³-hybridized carbons (Fsp3) is 0.207. The highest BCUT2D eigenvalue weighted by Gasteiger charge is 2.21. The number of hydrogen-bond donors (Lipinski definition) is 1. The normalized spacial score (nSPS) is 10.9. The molecule has 0 aliphatic rings. The first-order valence-corrected chi connectivity index (χ1v) is 11.7. The molecule has 1 aromatic heterocycles. The number of aromatic nitrogens is 2. The smallest absolute Gasteiger partial charge is 0.336 e. The van der Waals surface area contributed by atoms with Gasteiger partial charge in [-0.2, -0.15) is 0 Å². The summed E-state index contributed by atoms with van der Waals surface area (Å²) >= 11 is 0. The Morgan fingerprint density at radius 2 is 1.51 bits per heavy atom. The number of carbonyl (C=O) groups excluding carboxylic acids is 1. The molecule has 0 spiro atoms. The lowest BCUT2D eigenvalue weighted by molar-refractivity contribution is 0.0697. The molecule has 0 saturated carbocycles. The van der Waals surface area contributed by atoms with Gasteiger partial charge in [0.1, 0.15) is 0 Å². The van der Waals surface area contributed by atoms with Crippen molar-refractivity contribution in [1.82, 2.24) is 9.13 Å². The Hall–Kier alpha value is -4.19. The summed E-state index contributed by atoms with van der Waals surface area (Å²) in [6.07, 6.45) is 1.70. The van der Waals surface area contributed by atoms with Crippen LogP contribution in [0.3, 0.4) is 0 Å². The quantitative estimate of drug-likeness (QED) is 0.385. The minimum atomic E-state index is -0.975. The second-order valence-electron chi connectivity index (χ2n) is 8.59. The van der Waals surface area contributed by atoms with Gasteiger partial charge in [0.15, 0.2) is 0 Å². The summed E-state index contributed by atoms with van der Waals surface area (Å²) < 4.78 is 2.98. The van der Waals surface area contributed by atoms with E-state index in [0.29, 0.717) is 24.2 Å². The molecule has 0 aliphatic heterocycles. The van der Waals surface area contributed by atoms with Crippen LogP contribution in [0.4, 0.5) is 0 Å². The second kappa shape index (κ2) is 10.4. The lowest BCUT2D eigenvalue weighted by atomic mass is 9.99. The molecule has 0 unspecified atom stereocenters. The van der Waals surface area contributed by atoms with Crippen molar-refractivity contribution in [2.45, 2.75) is 39.7 Å². The van der Waals surface area contributed by atoms with Crippen LogP contribution in [0.1, 0.15) is 51.0 Å². The highest BCUT2D eigenvalue weighted by atomic mass is 16.4. The molecular weight excluding hydrogens is 440 g/mol. The summed E-state index contributed by atoms with van der Waals surface area (Å²) in [7, 11) is 0. The predicted molar refractivity (Wildman–Crippen MR) is 136 cm³/mol. The van der Waals surface area contributed by atoms with Crippen LogP contribution in [0.25, 0.3) is 11.1 Å². The molecule has 0 saturated heterocycles. The SMILES string of the molecule is CCCc1c(C)n(C(=O)Cc2ccccc2)c(=O)n1Cc1ccc(-c2ccccc2C(=O)O)cc1. The van der Waals surface area contributed by atoms with Crippen LogP contribution in [-0.4, -0.2) is 26.1 Å². The second-order valence-corrected chi connectivity index (χ2v) is 8.59. The molecule has 1 N–H and O–H groups in total. The van der Waals surface area contributed by atoms with Crippen molar-refractivity contribution >= 4 is 11.9 Å². The Kier molecular flexibility index (Phi) is 7.11. The zero-order valence-corrected chi connectivity index (χ0v) is 19.9. The van der Waals surface area contributed by atoms with Crippen LogP contribution < -0.4 is 5.69 Å². The lowest BCUT2D eigenvalue weighted by Crippen LogP contribution is -2.31. The van der Waals surface area contributed by atoms with Crippen LogP contribution in [0, 0.1) is 6.92 Å². The summed E-state index contributed by atoms with van der Waals surface area (Å²) in [5.41, 5.74) is 4.66. The summed E-state index contributed by atoms with van der Waals surface area (Å²) in [5.74, 6) is -1.21. The first-order chi connectivity index (χ1) is 16.9. The third-order valence-corrected chi connectivity index (χ3v) is 6.20. The number of hydrogen-bond acceptors (Lipinski definition) is 3. The number of carbonyl (C=O) groups is 2. The number of nitrogens with zero attached hydrogens (tertiary/aromatic N) is 2. The van der Waals surface area contributed by atoms with Crippen molar-refractivity contribution in [2.24, 2.45) is 0 Å². The van der Waals surface area contributed by atoms with E-state index in [-0.39, 0.29) is 23.6 Å². The van der Waals surface area contributed by atoms with Gasteiger partial charge in [-0.15, -0.1) is 0 Å². The van der Waals surface area contributed by atoms with Gasteiger partial charge in [0.05, 0.1) is 18.5 Å². The van der Waals surface area contributed by atoms with Crippen LogP contribution in [0.5, 0.6) is 0 Å². The zero-order valence-electron chi connectivity index (χ0n) is 19.9. The van der Waals surface area contributed by atoms with Crippen molar-refractivity contribution in [3.8, 4) is 11.1 Å². The third kappa shape index (κ3) is 5.01. The van der Waals surface area contributed by atoms with Gasteiger partial charge in [-0.3, -0.25) is 9.36 Å². The van der Waals surface area contributed by atoms with E-state index in [2.05, 4.69) is 0 Å². The number of carboxylic acids is 1. The first kappa shape index (κ1) is 24.0. The van der Waals surface area contributed by atoms with E-state index in [0.717, 1.165) is 28.8 Å². The molecule has 6 nitrogen and oxygen atoms in total. The van der Waals surface area contributed by atoms with Crippen molar-refractivity contribution in [2.75, 3.05) is 0 Å². The molecule has 0 fully saturated rings. The Morgan fingerprint density at radius 3 is 2.17 bits per heavy atom. The average molecular weight is 469 g/mol. The Bertz CT molecular complexity index is 1410. The molecule has 4 rings (SSSR count). The minimum Gasteiger partial charge on any atom is -0.478 e. The van der Waals surface area contributed by atoms with Gasteiger partial charge < -0.3 is 5.11 Å². The van der Waals surface area contributed by atoms with E-state index in [1.165, 1.54) is 4.57 Å². The van der Waals surface area contributed by atoms with Crippen molar-refractivity contribution < 1.29 is 14.7 Å².